The number of ether oxygens (including phenoxy) is 2. The van der Waals surface area contributed by atoms with Crippen molar-refractivity contribution >= 4 is 21.7 Å². The average molecular weight is 415 g/mol. The SMILES string of the molecule is COc1ccc([C@@H]2CCCN2Cc2cc(=O)oc3ccc4ccccc4c23)c(OC)c1. The molecule has 4 aromatic rings. The van der Waals surface area contributed by atoms with E-state index in [1.807, 2.05) is 36.4 Å². The molecule has 5 rings (SSSR count). The number of hydrogen-bond donors (Lipinski definition) is 0. The Morgan fingerprint density at radius 1 is 1.03 bits per heavy atom. The van der Waals surface area contributed by atoms with Crippen molar-refractivity contribution in [3.8, 4) is 11.5 Å². The summed E-state index contributed by atoms with van der Waals surface area (Å²) in [4.78, 5) is 14.7. The summed E-state index contributed by atoms with van der Waals surface area (Å²) in [6.07, 6.45) is 2.14. The van der Waals surface area contributed by atoms with Gasteiger partial charge in [0.2, 0.25) is 0 Å². The molecule has 3 aromatic carbocycles. The van der Waals surface area contributed by atoms with Crippen LogP contribution >= 0.6 is 0 Å². The molecular weight excluding hydrogens is 390 g/mol. The van der Waals surface area contributed by atoms with E-state index in [9.17, 15) is 4.79 Å². The number of fused-ring (bicyclic) bond motifs is 3. The molecule has 0 aliphatic carbocycles. The van der Waals surface area contributed by atoms with Gasteiger partial charge in [0.05, 0.1) is 14.2 Å². The lowest BCUT2D eigenvalue weighted by Crippen LogP contribution is -2.24. The first-order valence-corrected chi connectivity index (χ1v) is 10.6. The van der Waals surface area contributed by atoms with Gasteiger partial charge >= 0.3 is 5.63 Å². The summed E-state index contributed by atoms with van der Waals surface area (Å²) in [5.41, 5.74) is 2.48. The zero-order chi connectivity index (χ0) is 21.4. The van der Waals surface area contributed by atoms with Crippen molar-refractivity contribution in [3.63, 3.8) is 0 Å². The summed E-state index contributed by atoms with van der Waals surface area (Å²) in [7, 11) is 3.35. The van der Waals surface area contributed by atoms with Crippen molar-refractivity contribution in [2.75, 3.05) is 20.8 Å². The summed E-state index contributed by atoms with van der Waals surface area (Å²) in [6.45, 7) is 1.64. The first-order chi connectivity index (χ1) is 15.2. The highest BCUT2D eigenvalue weighted by Gasteiger charge is 2.29. The van der Waals surface area contributed by atoms with E-state index < -0.39 is 0 Å². The van der Waals surface area contributed by atoms with E-state index in [0.29, 0.717) is 12.1 Å². The van der Waals surface area contributed by atoms with E-state index in [1.165, 1.54) is 0 Å². The molecule has 0 radical (unpaired) electrons. The molecule has 5 nitrogen and oxygen atoms in total. The number of methoxy groups -OCH3 is 2. The smallest absolute Gasteiger partial charge is 0.336 e. The molecule has 1 aliphatic heterocycles. The number of hydrogen-bond acceptors (Lipinski definition) is 5. The summed E-state index contributed by atoms with van der Waals surface area (Å²) < 4.78 is 16.6. The Hall–Kier alpha value is -3.31. The van der Waals surface area contributed by atoms with Crippen molar-refractivity contribution in [2.45, 2.75) is 25.4 Å². The Balaban J connectivity index is 1.58. The normalized spacial score (nSPS) is 16.8. The van der Waals surface area contributed by atoms with Gasteiger partial charge in [-0.1, -0.05) is 36.4 Å². The molecule has 1 atom stereocenters. The minimum atomic E-state index is -0.310. The molecule has 158 valence electrons. The third kappa shape index (κ3) is 3.55. The Bertz CT molecular complexity index is 1310. The predicted molar refractivity (Wildman–Crippen MR) is 122 cm³/mol. The summed E-state index contributed by atoms with van der Waals surface area (Å²) in [5, 5.41) is 3.27. The van der Waals surface area contributed by atoms with Crippen molar-refractivity contribution in [1.29, 1.82) is 0 Å². The Morgan fingerprint density at radius 2 is 1.90 bits per heavy atom. The van der Waals surface area contributed by atoms with Gasteiger partial charge in [0, 0.05) is 35.7 Å². The van der Waals surface area contributed by atoms with Gasteiger partial charge in [-0.05, 0) is 47.9 Å². The lowest BCUT2D eigenvalue weighted by atomic mass is 10.00. The topological polar surface area (TPSA) is 51.9 Å². The van der Waals surface area contributed by atoms with E-state index in [0.717, 1.165) is 58.2 Å². The largest absolute Gasteiger partial charge is 0.497 e. The third-order valence-corrected chi connectivity index (χ3v) is 6.25. The molecular formula is C26H25NO4. The average Bonchev–Trinajstić information content (AvgIpc) is 3.25. The van der Waals surface area contributed by atoms with Crippen molar-refractivity contribution < 1.29 is 13.9 Å². The van der Waals surface area contributed by atoms with Gasteiger partial charge in [-0.25, -0.2) is 4.79 Å². The van der Waals surface area contributed by atoms with Crippen LogP contribution in [0.5, 0.6) is 11.5 Å². The van der Waals surface area contributed by atoms with Crippen LogP contribution in [-0.2, 0) is 6.54 Å². The van der Waals surface area contributed by atoms with Gasteiger partial charge in [-0.2, -0.15) is 0 Å². The molecule has 5 heteroatoms. The van der Waals surface area contributed by atoms with E-state index in [2.05, 4.69) is 23.1 Å². The maximum absolute atomic E-state index is 12.3. The highest BCUT2D eigenvalue weighted by molar-refractivity contribution is 6.07. The van der Waals surface area contributed by atoms with Crippen LogP contribution in [0.25, 0.3) is 21.7 Å². The lowest BCUT2D eigenvalue weighted by molar-refractivity contribution is 0.243. The molecule has 0 bridgehead atoms. The molecule has 1 aromatic heterocycles. The Morgan fingerprint density at radius 3 is 2.74 bits per heavy atom. The fourth-order valence-corrected chi connectivity index (χ4v) is 4.82. The summed E-state index contributed by atoms with van der Waals surface area (Å²) in [5.74, 6) is 1.61. The molecule has 1 saturated heterocycles. The van der Waals surface area contributed by atoms with Crippen LogP contribution in [0.15, 0.2) is 69.9 Å². The molecule has 1 aliphatic rings. The fourth-order valence-electron chi connectivity index (χ4n) is 4.82. The van der Waals surface area contributed by atoms with E-state index in [4.69, 9.17) is 13.9 Å². The molecule has 0 N–H and O–H groups in total. The van der Waals surface area contributed by atoms with Gasteiger partial charge in [0.25, 0.3) is 0 Å². The van der Waals surface area contributed by atoms with Crippen LogP contribution < -0.4 is 15.1 Å². The number of likely N-dealkylation sites (tertiary alicyclic amines) is 1. The number of benzene rings is 3. The van der Waals surface area contributed by atoms with Crippen LogP contribution in [0, 0.1) is 0 Å². The van der Waals surface area contributed by atoms with Gasteiger partial charge in [0.1, 0.15) is 17.1 Å². The second kappa shape index (κ2) is 8.08. The zero-order valence-electron chi connectivity index (χ0n) is 17.8. The van der Waals surface area contributed by atoms with Crippen LogP contribution in [0.1, 0.15) is 30.0 Å². The van der Waals surface area contributed by atoms with Crippen LogP contribution in [0.4, 0.5) is 0 Å². The standard InChI is InChI=1S/C26H25NO4/c1-29-19-10-11-21(24(15-19)30-2)22-8-5-13-27(22)16-18-14-25(28)31-23-12-9-17-6-3-4-7-20(17)26(18)23/h3-4,6-7,9-12,14-15,22H,5,8,13,16H2,1-2H3/t22-/m0/s1. The molecule has 2 heterocycles. The molecule has 1 fully saturated rings. The number of nitrogens with zero attached hydrogens (tertiary/aromatic N) is 1. The monoisotopic (exact) mass is 415 g/mol. The first-order valence-electron chi connectivity index (χ1n) is 10.6. The van der Waals surface area contributed by atoms with Crippen molar-refractivity contribution in [2.24, 2.45) is 0 Å². The van der Waals surface area contributed by atoms with Crippen LogP contribution in [0.2, 0.25) is 0 Å². The van der Waals surface area contributed by atoms with Gasteiger partial charge < -0.3 is 13.9 Å². The molecule has 31 heavy (non-hydrogen) atoms. The van der Waals surface area contributed by atoms with E-state index in [-0.39, 0.29) is 11.7 Å². The Labute approximate surface area is 180 Å². The van der Waals surface area contributed by atoms with Crippen LogP contribution in [0.3, 0.4) is 0 Å². The molecule has 0 unspecified atom stereocenters. The lowest BCUT2D eigenvalue weighted by Gasteiger charge is -2.27. The summed E-state index contributed by atoms with van der Waals surface area (Å²) >= 11 is 0. The highest BCUT2D eigenvalue weighted by atomic mass is 16.5. The Kier molecular flexibility index (Phi) is 5.12. The van der Waals surface area contributed by atoms with E-state index in [1.54, 1.807) is 20.3 Å². The summed E-state index contributed by atoms with van der Waals surface area (Å²) in [6, 6.07) is 20.0. The second-order valence-corrected chi connectivity index (χ2v) is 7.99. The quantitative estimate of drug-likeness (QED) is 0.327. The second-order valence-electron chi connectivity index (χ2n) is 7.99. The maximum Gasteiger partial charge on any atom is 0.336 e. The minimum Gasteiger partial charge on any atom is -0.497 e. The maximum atomic E-state index is 12.3. The number of rotatable bonds is 5. The van der Waals surface area contributed by atoms with Crippen molar-refractivity contribution in [3.05, 3.63) is 82.2 Å². The van der Waals surface area contributed by atoms with Gasteiger partial charge in [0.15, 0.2) is 0 Å². The zero-order valence-corrected chi connectivity index (χ0v) is 17.8. The van der Waals surface area contributed by atoms with Gasteiger partial charge in [-0.15, -0.1) is 0 Å². The fraction of sp³-hybridized carbons (Fsp3) is 0.269. The third-order valence-electron chi connectivity index (χ3n) is 6.25. The first kappa shape index (κ1) is 19.6. The van der Waals surface area contributed by atoms with Crippen LogP contribution in [-0.4, -0.2) is 25.7 Å². The van der Waals surface area contributed by atoms with Crippen molar-refractivity contribution in [1.82, 2.24) is 4.90 Å². The van der Waals surface area contributed by atoms with E-state index >= 15 is 0 Å². The molecule has 0 saturated carbocycles. The van der Waals surface area contributed by atoms with Gasteiger partial charge in [-0.3, -0.25) is 4.90 Å². The molecule has 0 amide bonds. The predicted octanol–water partition coefficient (Wildman–Crippen LogP) is 5.30. The molecule has 0 spiro atoms. The minimum absolute atomic E-state index is 0.220. The highest BCUT2D eigenvalue weighted by Crippen LogP contribution is 2.40.